The first-order valence-corrected chi connectivity index (χ1v) is 8.48. The van der Waals surface area contributed by atoms with Crippen LogP contribution >= 0.6 is 11.3 Å². The Bertz CT molecular complexity index is 532. The molecule has 0 unspecified atom stereocenters. The standard InChI is InChI=1S/C17H23NO2S/c1-2-17(10-4-5-11-17)13-18-16(20)15-9-8-14(21-15)7-3-6-12-19/h8-9,19H,2,4-6,10-13H2,1H3,(H,18,20). The van der Waals surface area contributed by atoms with Crippen molar-refractivity contribution in [3.63, 3.8) is 0 Å². The fourth-order valence-corrected chi connectivity index (χ4v) is 3.66. The normalized spacial score (nSPS) is 16.3. The molecule has 4 heteroatoms. The maximum atomic E-state index is 12.2. The number of aliphatic hydroxyl groups is 1. The van der Waals surface area contributed by atoms with Gasteiger partial charge in [-0.1, -0.05) is 31.6 Å². The van der Waals surface area contributed by atoms with Crippen molar-refractivity contribution in [2.75, 3.05) is 13.2 Å². The van der Waals surface area contributed by atoms with Gasteiger partial charge in [0.05, 0.1) is 16.4 Å². The molecule has 0 bridgehead atoms. The number of hydrogen-bond acceptors (Lipinski definition) is 3. The molecule has 2 rings (SSSR count). The Hall–Kier alpha value is -1.31. The molecule has 0 saturated heterocycles. The number of rotatable bonds is 5. The summed E-state index contributed by atoms with van der Waals surface area (Å²) in [5.41, 5.74) is 0.316. The van der Waals surface area contributed by atoms with E-state index in [0.717, 1.165) is 17.8 Å². The smallest absolute Gasteiger partial charge is 0.261 e. The minimum atomic E-state index is 0.00920. The van der Waals surface area contributed by atoms with Gasteiger partial charge in [-0.2, -0.15) is 0 Å². The summed E-state index contributed by atoms with van der Waals surface area (Å²) >= 11 is 1.41. The van der Waals surface area contributed by atoms with Crippen LogP contribution in [0.3, 0.4) is 0 Å². The largest absolute Gasteiger partial charge is 0.395 e. The predicted molar refractivity (Wildman–Crippen MR) is 86.4 cm³/mol. The number of amides is 1. The SMILES string of the molecule is CCC1(CNC(=O)c2ccc(C#CCCO)s2)CCCC1. The molecule has 1 aromatic heterocycles. The summed E-state index contributed by atoms with van der Waals surface area (Å²) in [5.74, 6) is 5.85. The van der Waals surface area contributed by atoms with Gasteiger partial charge in [0.1, 0.15) is 0 Å². The van der Waals surface area contributed by atoms with E-state index in [2.05, 4.69) is 24.1 Å². The van der Waals surface area contributed by atoms with Gasteiger partial charge >= 0.3 is 0 Å². The van der Waals surface area contributed by atoms with Crippen molar-refractivity contribution in [3.05, 3.63) is 21.9 Å². The maximum absolute atomic E-state index is 12.2. The molecule has 0 aliphatic heterocycles. The van der Waals surface area contributed by atoms with Crippen molar-refractivity contribution in [1.82, 2.24) is 5.32 Å². The van der Waals surface area contributed by atoms with E-state index in [-0.39, 0.29) is 12.5 Å². The number of nitrogens with one attached hydrogen (secondary N) is 1. The van der Waals surface area contributed by atoms with Gasteiger partial charge in [-0.3, -0.25) is 4.79 Å². The van der Waals surface area contributed by atoms with Crippen LogP contribution < -0.4 is 5.32 Å². The van der Waals surface area contributed by atoms with Crippen LogP contribution in [0.1, 0.15) is 60.0 Å². The van der Waals surface area contributed by atoms with Gasteiger partial charge in [-0.25, -0.2) is 0 Å². The van der Waals surface area contributed by atoms with Crippen molar-refractivity contribution in [2.24, 2.45) is 5.41 Å². The number of thiophene rings is 1. The number of carbonyl (C=O) groups is 1. The lowest BCUT2D eigenvalue weighted by Gasteiger charge is -2.27. The molecule has 0 atom stereocenters. The fourth-order valence-electron chi connectivity index (χ4n) is 2.87. The van der Waals surface area contributed by atoms with Crippen LogP contribution in [0.4, 0.5) is 0 Å². The van der Waals surface area contributed by atoms with E-state index in [1.54, 1.807) is 0 Å². The van der Waals surface area contributed by atoms with Gasteiger partial charge in [0, 0.05) is 13.0 Å². The third-order valence-electron chi connectivity index (χ3n) is 4.32. The van der Waals surface area contributed by atoms with Crippen molar-refractivity contribution >= 4 is 17.2 Å². The van der Waals surface area contributed by atoms with Gasteiger partial charge in [0.2, 0.25) is 0 Å². The summed E-state index contributed by atoms with van der Waals surface area (Å²) in [4.78, 5) is 13.8. The van der Waals surface area contributed by atoms with E-state index in [1.807, 2.05) is 12.1 Å². The second-order valence-corrected chi connectivity index (χ2v) is 6.77. The fraction of sp³-hybridized carbons (Fsp3) is 0.588. The molecule has 1 saturated carbocycles. The Morgan fingerprint density at radius 3 is 2.86 bits per heavy atom. The zero-order chi connectivity index (χ0) is 15.1. The third kappa shape index (κ3) is 4.33. The number of carbonyl (C=O) groups excluding carboxylic acids is 1. The van der Waals surface area contributed by atoms with Crippen LogP contribution in [-0.2, 0) is 0 Å². The van der Waals surface area contributed by atoms with E-state index in [9.17, 15) is 4.79 Å². The molecular weight excluding hydrogens is 282 g/mol. The average molecular weight is 305 g/mol. The summed E-state index contributed by atoms with van der Waals surface area (Å²) < 4.78 is 0. The molecule has 1 aromatic rings. The average Bonchev–Trinajstić information content (AvgIpc) is 3.15. The van der Waals surface area contributed by atoms with Gasteiger partial charge in [0.15, 0.2) is 0 Å². The second kappa shape index (κ2) is 7.63. The quantitative estimate of drug-likeness (QED) is 0.821. The van der Waals surface area contributed by atoms with Crippen LogP contribution in [0.15, 0.2) is 12.1 Å². The van der Waals surface area contributed by atoms with E-state index in [4.69, 9.17) is 5.11 Å². The van der Waals surface area contributed by atoms with Crippen LogP contribution in [0.5, 0.6) is 0 Å². The lowest BCUT2D eigenvalue weighted by atomic mass is 9.83. The Labute approximate surface area is 130 Å². The summed E-state index contributed by atoms with van der Waals surface area (Å²) in [6.07, 6.45) is 6.63. The molecular formula is C17H23NO2S. The first kappa shape index (κ1) is 16.1. The molecule has 0 aromatic carbocycles. The molecule has 1 heterocycles. The third-order valence-corrected chi connectivity index (χ3v) is 5.32. The summed E-state index contributed by atoms with van der Waals surface area (Å²) in [7, 11) is 0. The van der Waals surface area contributed by atoms with Crippen molar-refractivity contribution in [3.8, 4) is 11.8 Å². The highest BCUT2D eigenvalue weighted by Crippen LogP contribution is 2.40. The zero-order valence-electron chi connectivity index (χ0n) is 12.6. The lowest BCUT2D eigenvalue weighted by molar-refractivity contribution is 0.0933. The minimum Gasteiger partial charge on any atom is -0.395 e. The number of hydrogen-bond donors (Lipinski definition) is 2. The summed E-state index contributed by atoms with van der Waals surface area (Å²) in [5, 5.41) is 11.8. The Morgan fingerprint density at radius 2 is 2.19 bits per heavy atom. The van der Waals surface area contributed by atoms with Crippen molar-refractivity contribution in [2.45, 2.75) is 45.4 Å². The highest BCUT2D eigenvalue weighted by molar-refractivity contribution is 7.14. The van der Waals surface area contributed by atoms with E-state index in [0.29, 0.717) is 16.7 Å². The van der Waals surface area contributed by atoms with Crippen LogP contribution in [0.2, 0.25) is 0 Å². The van der Waals surface area contributed by atoms with Gasteiger partial charge in [-0.05, 0) is 36.8 Å². The Morgan fingerprint density at radius 1 is 1.43 bits per heavy atom. The topological polar surface area (TPSA) is 49.3 Å². The van der Waals surface area contributed by atoms with Crippen LogP contribution in [0.25, 0.3) is 0 Å². The molecule has 1 aliphatic carbocycles. The zero-order valence-corrected chi connectivity index (χ0v) is 13.4. The van der Waals surface area contributed by atoms with Crippen LogP contribution in [-0.4, -0.2) is 24.2 Å². The highest BCUT2D eigenvalue weighted by atomic mass is 32.1. The molecule has 0 radical (unpaired) electrons. The van der Waals surface area contributed by atoms with Gasteiger partial charge < -0.3 is 10.4 Å². The predicted octanol–water partition coefficient (Wildman–Crippen LogP) is 3.18. The van der Waals surface area contributed by atoms with E-state index in [1.165, 1.54) is 37.0 Å². The van der Waals surface area contributed by atoms with E-state index >= 15 is 0 Å². The Kier molecular flexibility index (Phi) is 5.84. The summed E-state index contributed by atoms with van der Waals surface area (Å²) in [6.45, 7) is 3.08. The van der Waals surface area contributed by atoms with Crippen LogP contribution in [0, 0.1) is 17.3 Å². The van der Waals surface area contributed by atoms with Gasteiger partial charge in [-0.15, -0.1) is 11.3 Å². The van der Waals surface area contributed by atoms with Gasteiger partial charge in [0.25, 0.3) is 5.91 Å². The first-order chi connectivity index (χ1) is 10.2. The molecule has 0 spiro atoms. The monoisotopic (exact) mass is 305 g/mol. The number of aliphatic hydroxyl groups excluding tert-OH is 1. The first-order valence-electron chi connectivity index (χ1n) is 7.67. The molecule has 3 nitrogen and oxygen atoms in total. The molecule has 114 valence electrons. The van der Waals surface area contributed by atoms with E-state index < -0.39 is 0 Å². The minimum absolute atomic E-state index is 0.00920. The molecule has 1 amide bonds. The molecule has 1 aliphatic rings. The molecule has 21 heavy (non-hydrogen) atoms. The lowest BCUT2D eigenvalue weighted by Crippen LogP contribution is -2.35. The molecule has 2 N–H and O–H groups in total. The maximum Gasteiger partial charge on any atom is 0.261 e. The van der Waals surface area contributed by atoms with Crippen molar-refractivity contribution in [1.29, 1.82) is 0 Å². The Balaban J connectivity index is 1.90. The molecule has 1 fully saturated rings. The highest BCUT2D eigenvalue weighted by Gasteiger charge is 2.32. The second-order valence-electron chi connectivity index (χ2n) is 5.68. The summed E-state index contributed by atoms with van der Waals surface area (Å²) in [6, 6.07) is 3.70. The van der Waals surface area contributed by atoms with Crippen molar-refractivity contribution < 1.29 is 9.90 Å².